The molecule has 0 spiro atoms. The number of hydrogen-bond acceptors (Lipinski definition) is 4. The predicted molar refractivity (Wildman–Crippen MR) is 54.6 cm³/mol. The molecule has 0 amide bonds. The molecule has 0 aliphatic carbocycles. The largest absolute Gasteiger partial charge is 0.480 e. The molecule has 0 aliphatic rings. The lowest BCUT2D eigenvalue weighted by Gasteiger charge is -2.15. The predicted octanol–water partition coefficient (Wildman–Crippen LogP) is 0.782. The summed E-state index contributed by atoms with van der Waals surface area (Å²) in [7, 11) is 1.62. The molecular weight excluding hydrogens is 194 g/mol. The average Bonchev–Trinajstić information content (AvgIpc) is 2.17. The first-order valence-corrected chi connectivity index (χ1v) is 4.35. The van der Waals surface area contributed by atoms with Crippen molar-refractivity contribution in [3.8, 4) is 6.07 Å². The summed E-state index contributed by atoms with van der Waals surface area (Å²) in [4.78, 5) is 16.0. The molecule has 0 aliphatic heterocycles. The topological polar surface area (TPSA) is 77.2 Å². The van der Waals surface area contributed by atoms with E-state index in [9.17, 15) is 4.79 Å². The molecule has 1 rings (SSSR count). The van der Waals surface area contributed by atoms with Crippen molar-refractivity contribution in [2.45, 2.75) is 6.92 Å². The van der Waals surface area contributed by atoms with Crippen molar-refractivity contribution < 1.29 is 9.90 Å². The third-order valence-corrected chi connectivity index (χ3v) is 1.95. The van der Waals surface area contributed by atoms with Crippen LogP contribution in [0.4, 0.5) is 5.82 Å². The van der Waals surface area contributed by atoms with Gasteiger partial charge in [-0.05, 0) is 18.6 Å². The van der Waals surface area contributed by atoms with Crippen LogP contribution in [-0.2, 0) is 4.79 Å². The van der Waals surface area contributed by atoms with Crippen molar-refractivity contribution in [2.24, 2.45) is 0 Å². The van der Waals surface area contributed by atoms with E-state index in [0.717, 1.165) is 5.56 Å². The van der Waals surface area contributed by atoms with Gasteiger partial charge in [0.05, 0.1) is 0 Å². The highest BCUT2D eigenvalue weighted by atomic mass is 16.4. The fourth-order valence-electron chi connectivity index (χ4n) is 1.13. The van der Waals surface area contributed by atoms with Crippen LogP contribution in [0.3, 0.4) is 0 Å². The van der Waals surface area contributed by atoms with Gasteiger partial charge in [0.25, 0.3) is 0 Å². The Morgan fingerprint density at radius 2 is 2.33 bits per heavy atom. The number of rotatable bonds is 3. The second-order valence-corrected chi connectivity index (χ2v) is 3.20. The summed E-state index contributed by atoms with van der Waals surface area (Å²) < 4.78 is 0. The number of carbonyl (C=O) groups is 1. The minimum Gasteiger partial charge on any atom is -0.480 e. The van der Waals surface area contributed by atoms with Crippen molar-refractivity contribution in [2.75, 3.05) is 18.5 Å². The van der Waals surface area contributed by atoms with Crippen molar-refractivity contribution >= 4 is 11.8 Å². The average molecular weight is 205 g/mol. The number of aliphatic carboxylic acids is 1. The van der Waals surface area contributed by atoms with Crippen molar-refractivity contribution in [3.05, 3.63) is 23.4 Å². The first-order valence-electron chi connectivity index (χ1n) is 4.35. The maximum atomic E-state index is 10.5. The molecular formula is C10H11N3O2. The number of aromatic nitrogens is 1. The van der Waals surface area contributed by atoms with Gasteiger partial charge in [-0.2, -0.15) is 5.26 Å². The van der Waals surface area contributed by atoms with Crippen LogP contribution in [0.2, 0.25) is 0 Å². The van der Waals surface area contributed by atoms with E-state index in [0.29, 0.717) is 11.5 Å². The summed E-state index contributed by atoms with van der Waals surface area (Å²) in [5, 5.41) is 17.4. The van der Waals surface area contributed by atoms with Crippen LogP contribution < -0.4 is 4.90 Å². The number of anilines is 1. The lowest BCUT2D eigenvalue weighted by molar-refractivity contribution is -0.135. The third-order valence-electron chi connectivity index (χ3n) is 1.95. The molecule has 0 unspecified atom stereocenters. The molecule has 1 heterocycles. The Bertz CT molecular complexity index is 423. The summed E-state index contributed by atoms with van der Waals surface area (Å²) >= 11 is 0. The molecule has 0 saturated heterocycles. The Hall–Kier alpha value is -2.09. The Balaban J connectivity index is 2.96. The molecule has 1 aromatic rings. The van der Waals surface area contributed by atoms with E-state index in [1.807, 2.05) is 6.07 Å². The van der Waals surface area contributed by atoms with E-state index >= 15 is 0 Å². The molecule has 0 radical (unpaired) electrons. The first kappa shape index (κ1) is 11.0. The SMILES string of the molecule is Cc1ccc(N(C)CC(=O)O)nc1C#N. The molecule has 0 bridgehead atoms. The van der Waals surface area contributed by atoms with Gasteiger partial charge in [-0.15, -0.1) is 0 Å². The molecule has 0 saturated carbocycles. The monoisotopic (exact) mass is 205 g/mol. The first-order chi connectivity index (χ1) is 7.04. The minimum atomic E-state index is -0.932. The van der Waals surface area contributed by atoms with Gasteiger partial charge in [0.2, 0.25) is 0 Å². The van der Waals surface area contributed by atoms with Crippen LogP contribution in [0, 0.1) is 18.3 Å². The highest BCUT2D eigenvalue weighted by molar-refractivity contribution is 5.73. The van der Waals surface area contributed by atoms with E-state index in [4.69, 9.17) is 10.4 Å². The molecule has 0 atom stereocenters. The van der Waals surface area contributed by atoms with E-state index in [1.54, 1.807) is 26.1 Å². The fourth-order valence-corrected chi connectivity index (χ4v) is 1.13. The van der Waals surface area contributed by atoms with Crippen LogP contribution in [0.1, 0.15) is 11.3 Å². The normalized spacial score (nSPS) is 9.40. The number of hydrogen-bond donors (Lipinski definition) is 1. The Kier molecular flexibility index (Phi) is 3.24. The summed E-state index contributed by atoms with van der Waals surface area (Å²) in [6.45, 7) is 1.65. The van der Waals surface area contributed by atoms with Crippen LogP contribution >= 0.6 is 0 Å². The van der Waals surface area contributed by atoms with Gasteiger partial charge in [0, 0.05) is 7.05 Å². The lowest BCUT2D eigenvalue weighted by Crippen LogP contribution is -2.26. The van der Waals surface area contributed by atoms with Crippen molar-refractivity contribution in [3.63, 3.8) is 0 Å². The number of nitriles is 1. The molecule has 0 fully saturated rings. The van der Waals surface area contributed by atoms with E-state index < -0.39 is 5.97 Å². The van der Waals surface area contributed by atoms with E-state index in [-0.39, 0.29) is 6.54 Å². The van der Waals surface area contributed by atoms with Gasteiger partial charge in [-0.25, -0.2) is 4.98 Å². The molecule has 15 heavy (non-hydrogen) atoms. The molecule has 0 aromatic carbocycles. The summed E-state index contributed by atoms with van der Waals surface area (Å²) in [6.07, 6.45) is 0. The summed E-state index contributed by atoms with van der Waals surface area (Å²) in [5.74, 6) is -0.446. The Morgan fingerprint density at radius 3 is 2.87 bits per heavy atom. The number of carboxylic acids is 1. The van der Waals surface area contributed by atoms with Crippen LogP contribution in [-0.4, -0.2) is 29.7 Å². The quantitative estimate of drug-likeness (QED) is 0.789. The third kappa shape index (κ3) is 2.68. The highest BCUT2D eigenvalue weighted by Crippen LogP contribution is 2.12. The van der Waals surface area contributed by atoms with Crippen molar-refractivity contribution in [1.29, 1.82) is 5.26 Å². The zero-order valence-electron chi connectivity index (χ0n) is 8.56. The number of carboxylic acid groups (broad SMARTS) is 1. The lowest BCUT2D eigenvalue weighted by atomic mass is 10.2. The molecule has 5 heteroatoms. The molecule has 78 valence electrons. The smallest absolute Gasteiger partial charge is 0.323 e. The summed E-state index contributed by atoms with van der Waals surface area (Å²) in [5.41, 5.74) is 1.11. The molecule has 1 N–H and O–H groups in total. The zero-order chi connectivity index (χ0) is 11.4. The Morgan fingerprint density at radius 1 is 1.67 bits per heavy atom. The number of likely N-dealkylation sites (N-methyl/N-ethyl adjacent to an activating group) is 1. The highest BCUT2D eigenvalue weighted by Gasteiger charge is 2.08. The van der Waals surface area contributed by atoms with Crippen LogP contribution in [0.25, 0.3) is 0 Å². The van der Waals surface area contributed by atoms with Gasteiger partial charge in [0.15, 0.2) is 0 Å². The second-order valence-electron chi connectivity index (χ2n) is 3.20. The Labute approximate surface area is 87.6 Å². The standard InChI is InChI=1S/C10H11N3O2/c1-7-3-4-9(12-8(7)5-11)13(2)6-10(14)15/h3-4H,6H2,1-2H3,(H,14,15). The number of nitrogens with zero attached hydrogens (tertiary/aromatic N) is 3. The number of pyridine rings is 1. The minimum absolute atomic E-state index is 0.138. The van der Waals surface area contributed by atoms with Crippen molar-refractivity contribution in [1.82, 2.24) is 4.98 Å². The maximum Gasteiger partial charge on any atom is 0.323 e. The van der Waals surface area contributed by atoms with E-state index in [1.165, 1.54) is 4.90 Å². The van der Waals surface area contributed by atoms with Crippen LogP contribution in [0.15, 0.2) is 12.1 Å². The van der Waals surface area contributed by atoms with Gasteiger partial charge in [0.1, 0.15) is 24.1 Å². The zero-order valence-corrected chi connectivity index (χ0v) is 8.56. The van der Waals surface area contributed by atoms with E-state index in [2.05, 4.69) is 4.98 Å². The molecule has 5 nitrogen and oxygen atoms in total. The maximum absolute atomic E-state index is 10.5. The van der Waals surface area contributed by atoms with Gasteiger partial charge >= 0.3 is 5.97 Å². The summed E-state index contributed by atoms with van der Waals surface area (Å²) in [6, 6.07) is 5.40. The van der Waals surface area contributed by atoms with Gasteiger partial charge in [-0.1, -0.05) is 6.07 Å². The fraction of sp³-hybridized carbons (Fsp3) is 0.300. The second kappa shape index (κ2) is 4.42. The van der Waals surface area contributed by atoms with Crippen LogP contribution in [0.5, 0.6) is 0 Å². The van der Waals surface area contributed by atoms with Gasteiger partial charge in [-0.3, -0.25) is 4.79 Å². The molecule has 1 aromatic heterocycles. The van der Waals surface area contributed by atoms with Gasteiger partial charge < -0.3 is 10.0 Å². The number of aryl methyl sites for hydroxylation is 1.